The van der Waals surface area contributed by atoms with Crippen LogP contribution >= 0.6 is 15.6 Å². The number of phosphoric acid groups is 2. The molecule has 0 aromatic heterocycles. The summed E-state index contributed by atoms with van der Waals surface area (Å²) in [6.07, 6.45) is 75.7. The molecule has 0 aliphatic rings. The number of aliphatic hydroxyl groups excluding tert-OH is 1. The molecule has 0 rings (SSSR count). The fourth-order valence-electron chi connectivity index (χ4n) is 13.1. The van der Waals surface area contributed by atoms with E-state index in [0.717, 1.165) is 109 Å². The van der Waals surface area contributed by atoms with E-state index in [-0.39, 0.29) is 25.7 Å². The van der Waals surface area contributed by atoms with Gasteiger partial charge in [-0.3, -0.25) is 37.3 Å². The van der Waals surface area contributed by atoms with Gasteiger partial charge in [-0.25, -0.2) is 9.13 Å². The number of ether oxygens (including phenoxy) is 4. The Morgan fingerprint density at radius 3 is 0.774 bits per heavy atom. The molecule has 0 spiro atoms. The van der Waals surface area contributed by atoms with E-state index in [1.807, 2.05) is 0 Å². The zero-order valence-electron chi connectivity index (χ0n) is 69.1. The first kappa shape index (κ1) is 104. The number of rotatable bonds is 85. The van der Waals surface area contributed by atoms with Crippen molar-refractivity contribution in [3.63, 3.8) is 0 Å². The summed E-state index contributed by atoms with van der Waals surface area (Å²) in [4.78, 5) is 73.2. The lowest BCUT2D eigenvalue weighted by atomic mass is 10.0. The van der Waals surface area contributed by atoms with Gasteiger partial charge in [-0.1, -0.05) is 393 Å². The van der Waals surface area contributed by atoms with Gasteiger partial charge in [-0.05, 0) is 57.3 Å². The number of phosphoric ester groups is 2. The quantitative estimate of drug-likeness (QED) is 0.0169. The first-order valence-electron chi connectivity index (χ1n) is 44.5. The molecule has 2 unspecified atom stereocenters. The van der Waals surface area contributed by atoms with Gasteiger partial charge in [0.2, 0.25) is 0 Å². The average Bonchev–Trinajstić information content (AvgIpc) is 0.902. The number of carbonyl (C=O) groups is 4. The Bertz CT molecular complexity index is 2110. The van der Waals surface area contributed by atoms with Crippen LogP contribution in [0.5, 0.6) is 0 Å². The molecule has 626 valence electrons. The van der Waals surface area contributed by atoms with Crippen LogP contribution in [0.3, 0.4) is 0 Å². The highest BCUT2D eigenvalue weighted by molar-refractivity contribution is 7.47. The number of aliphatic hydroxyl groups is 1. The van der Waals surface area contributed by atoms with E-state index in [4.69, 9.17) is 37.0 Å². The molecule has 0 aromatic carbocycles. The maximum absolute atomic E-state index is 13.2. The number of hydrogen-bond acceptors (Lipinski definition) is 15. The first-order chi connectivity index (χ1) is 51.5. The zero-order valence-corrected chi connectivity index (χ0v) is 70.9. The summed E-state index contributed by atoms with van der Waals surface area (Å²) in [5.41, 5.74) is 0. The van der Waals surface area contributed by atoms with Crippen molar-refractivity contribution >= 4 is 39.5 Å². The van der Waals surface area contributed by atoms with Crippen molar-refractivity contribution in [2.45, 2.75) is 464 Å². The molecule has 0 saturated carbocycles. The second-order valence-corrected chi connectivity index (χ2v) is 34.0. The maximum Gasteiger partial charge on any atom is 0.472 e. The van der Waals surface area contributed by atoms with Gasteiger partial charge in [0.25, 0.3) is 0 Å². The molecule has 0 radical (unpaired) electrons. The third-order valence-corrected chi connectivity index (χ3v) is 21.8. The third kappa shape index (κ3) is 79.6. The van der Waals surface area contributed by atoms with Gasteiger partial charge in [0.05, 0.1) is 26.4 Å². The summed E-state index contributed by atoms with van der Waals surface area (Å²) in [6.45, 7) is 7.33. The van der Waals surface area contributed by atoms with E-state index in [2.05, 4.69) is 58.9 Å². The minimum atomic E-state index is -4.97. The Kier molecular flexibility index (Phi) is 77.4. The summed E-state index contributed by atoms with van der Waals surface area (Å²) in [5.74, 6) is -1.32. The molecule has 0 aliphatic carbocycles. The van der Waals surface area contributed by atoms with Crippen molar-refractivity contribution in [3.8, 4) is 0 Å². The van der Waals surface area contributed by atoms with E-state index >= 15 is 0 Å². The van der Waals surface area contributed by atoms with Crippen LogP contribution in [0.1, 0.15) is 446 Å². The Morgan fingerprint density at radius 1 is 0.292 bits per heavy atom. The lowest BCUT2D eigenvalue weighted by Crippen LogP contribution is -2.30. The van der Waals surface area contributed by atoms with Crippen molar-refractivity contribution in [1.82, 2.24) is 0 Å². The molecule has 106 heavy (non-hydrogen) atoms. The van der Waals surface area contributed by atoms with E-state index in [0.29, 0.717) is 25.7 Å². The van der Waals surface area contributed by atoms with Crippen LogP contribution < -0.4 is 0 Å². The first-order valence-corrected chi connectivity index (χ1v) is 47.4. The number of esters is 4. The zero-order chi connectivity index (χ0) is 77.6. The van der Waals surface area contributed by atoms with Crippen molar-refractivity contribution in [2.75, 3.05) is 39.6 Å². The Hall–Kier alpha value is -2.46. The molecule has 17 nitrogen and oxygen atoms in total. The third-order valence-electron chi connectivity index (χ3n) is 19.9. The molecule has 0 fully saturated rings. The highest BCUT2D eigenvalue weighted by atomic mass is 31.2. The van der Waals surface area contributed by atoms with Crippen molar-refractivity contribution in [2.24, 2.45) is 5.92 Å². The van der Waals surface area contributed by atoms with Gasteiger partial charge < -0.3 is 33.8 Å². The molecule has 0 bridgehead atoms. The maximum atomic E-state index is 13.2. The van der Waals surface area contributed by atoms with Crippen molar-refractivity contribution in [1.29, 1.82) is 0 Å². The Morgan fingerprint density at radius 2 is 0.509 bits per heavy atom. The molecule has 0 amide bonds. The molecular weight excluding hydrogens is 1380 g/mol. The molecule has 0 aromatic rings. The van der Waals surface area contributed by atoms with E-state index in [1.54, 1.807) is 0 Å². The summed E-state index contributed by atoms with van der Waals surface area (Å²) in [7, 11) is -9.94. The summed E-state index contributed by atoms with van der Waals surface area (Å²) < 4.78 is 68.9. The number of allylic oxidation sites excluding steroid dienone is 4. The summed E-state index contributed by atoms with van der Waals surface area (Å²) in [5, 5.41) is 10.7. The number of carbonyl (C=O) groups excluding carboxylic acids is 4. The molecule has 0 aliphatic heterocycles. The minimum absolute atomic E-state index is 0.0859. The predicted octanol–water partition coefficient (Wildman–Crippen LogP) is 26.3. The van der Waals surface area contributed by atoms with E-state index < -0.39 is 97.5 Å². The van der Waals surface area contributed by atoms with Gasteiger partial charge in [-0.15, -0.1) is 0 Å². The molecular formula is C87H166O17P2. The number of unbranched alkanes of at least 4 members (excludes halogenated alkanes) is 54. The van der Waals surface area contributed by atoms with Crippen LogP contribution in [-0.4, -0.2) is 96.7 Å². The second kappa shape index (κ2) is 79.2. The Balaban J connectivity index is 5.28. The lowest BCUT2D eigenvalue weighted by Gasteiger charge is -2.21. The van der Waals surface area contributed by atoms with Gasteiger partial charge in [0.1, 0.15) is 19.3 Å². The highest BCUT2D eigenvalue weighted by Crippen LogP contribution is 2.45. The monoisotopic (exact) mass is 1550 g/mol. The van der Waals surface area contributed by atoms with Gasteiger partial charge >= 0.3 is 39.5 Å². The lowest BCUT2D eigenvalue weighted by molar-refractivity contribution is -0.161. The largest absolute Gasteiger partial charge is 0.472 e. The topological polar surface area (TPSA) is 237 Å². The highest BCUT2D eigenvalue weighted by Gasteiger charge is 2.30. The fourth-order valence-corrected chi connectivity index (χ4v) is 14.7. The Labute approximate surface area is 650 Å². The van der Waals surface area contributed by atoms with Crippen molar-refractivity contribution in [3.05, 3.63) is 24.3 Å². The van der Waals surface area contributed by atoms with E-state index in [1.165, 1.54) is 257 Å². The van der Waals surface area contributed by atoms with Crippen molar-refractivity contribution < 1.29 is 80.2 Å². The SMILES string of the molecule is CCCCCC/C=C\C=C/CCCCCCCC(=O)O[C@H](COC(=O)CCCCCCCCCCCCCC)COP(=O)(O)OC[C@H](O)COP(=O)(O)OC[C@@H](COC(=O)CCCCCCCCCCCCCCCCCCC(C)C)OC(=O)CCCCCCCCCCCCCCCCCCCCCC. The van der Waals surface area contributed by atoms with Gasteiger partial charge in [-0.2, -0.15) is 0 Å². The van der Waals surface area contributed by atoms with Gasteiger partial charge in [0.15, 0.2) is 12.2 Å². The van der Waals surface area contributed by atoms with Gasteiger partial charge in [0, 0.05) is 25.7 Å². The normalized spacial score (nSPS) is 13.9. The molecule has 5 atom stereocenters. The second-order valence-electron chi connectivity index (χ2n) is 31.1. The average molecular weight is 1550 g/mol. The van der Waals surface area contributed by atoms with Crippen LogP contribution in [0.15, 0.2) is 24.3 Å². The van der Waals surface area contributed by atoms with E-state index in [9.17, 15) is 43.2 Å². The standard InChI is InChI=1S/C87H166O17P2/c1-6-9-12-15-18-21-24-27-29-30-31-32-33-39-43-48-53-58-63-68-73-87(92)104-83(77-98-85(90)71-66-61-56-51-46-41-38-35-34-37-40-44-49-54-59-64-69-80(4)5)79-102-106(95,96)100-75-81(88)74-99-105(93,94)101-78-82(76-97-84(89)70-65-60-55-50-45-26-23-20-17-14-11-8-3)103-86(91)72-67-62-57-52-47-42-36-28-25-22-19-16-13-10-7-2/h22,25,28,36,80-83,88H,6-21,23-24,26-27,29-35,37-79H2,1-5H3,(H,93,94)(H,95,96)/b25-22-,36-28-/t81-,82+,83+/m0/s1. The molecule has 0 saturated heterocycles. The summed E-state index contributed by atoms with van der Waals surface area (Å²) in [6, 6.07) is 0. The smallest absolute Gasteiger partial charge is 0.462 e. The fraction of sp³-hybridized carbons (Fsp3) is 0.908. The van der Waals surface area contributed by atoms with Crippen LogP contribution in [0.2, 0.25) is 0 Å². The van der Waals surface area contributed by atoms with Crippen LogP contribution in [0.25, 0.3) is 0 Å². The predicted molar refractivity (Wildman–Crippen MR) is 437 cm³/mol. The number of hydrogen-bond donors (Lipinski definition) is 3. The van der Waals surface area contributed by atoms with Crippen LogP contribution in [0, 0.1) is 5.92 Å². The molecule has 0 heterocycles. The van der Waals surface area contributed by atoms with Crippen LogP contribution in [0.4, 0.5) is 0 Å². The molecule has 3 N–H and O–H groups in total. The molecule has 19 heteroatoms. The van der Waals surface area contributed by atoms with Crippen LogP contribution in [-0.2, 0) is 65.4 Å². The minimum Gasteiger partial charge on any atom is -0.462 e. The summed E-state index contributed by atoms with van der Waals surface area (Å²) >= 11 is 0.